The topological polar surface area (TPSA) is 33.2 Å². The Bertz CT molecular complexity index is 448. The van der Waals surface area contributed by atoms with E-state index in [9.17, 15) is 4.79 Å². The quantitative estimate of drug-likeness (QED) is 0.732. The molecule has 1 unspecified atom stereocenters. The SMILES string of the molecule is Cc1c(Br)cnc(N2CC(Br)CC2=O)c1C. The van der Waals surface area contributed by atoms with Gasteiger partial charge in [-0.15, -0.1) is 0 Å². The molecule has 5 heteroatoms. The van der Waals surface area contributed by atoms with Crippen molar-refractivity contribution in [1.29, 1.82) is 0 Å². The molecule has 0 saturated carbocycles. The molecule has 0 aliphatic carbocycles. The lowest BCUT2D eigenvalue weighted by Gasteiger charge is -2.18. The summed E-state index contributed by atoms with van der Waals surface area (Å²) in [5.41, 5.74) is 2.19. The molecule has 1 amide bonds. The van der Waals surface area contributed by atoms with Gasteiger partial charge in [-0.25, -0.2) is 4.98 Å². The Morgan fingerprint density at radius 1 is 1.44 bits per heavy atom. The molecule has 1 aromatic rings. The lowest BCUT2D eigenvalue weighted by atomic mass is 10.1. The van der Waals surface area contributed by atoms with Crippen LogP contribution in [0.3, 0.4) is 0 Å². The van der Waals surface area contributed by atoms with Gasteiger partial charge < -0.3 is 0 Å². The second-order valence-electron chi connectivity index (χ2n) is 3.99. The molecule has 86 valence electrons. The molecule has 2 rings (SSSR count). The van der Waals surface area contributed by atoms with Crippen molar-refractivity contribution in [3.05, 3.63) is 21.8 Å². The van der Waals surface area contributed by atoms with Crippen molar-refractivity contribution in [2.75, 3.05) is 11.4 Å². The van der Waals surface area contributed by atoms with Crippen molar-refractivity contribution in [1.82, 2.24) is 4.98 Å². The van der Waals surface area contributed by atoms with E-state index >= 15 is 0 Å². The van der Waals surface area contributed by atoms with Crippen LogP contribution in [0.25, 0.3) is 0 Å². The van der Waals surface area contributed by atoms with E-state index in [1.54, 1.807) is 11.1 Å². The molecule has 1 fully saturated rings. The molecule has 16 heavy (non-hydrogen) atoms. The van der Waals surface area contributed by atoms with Crippen LogP contribution >= 0.6 is 31.9 Å². The molecule has 1 saturated heterocycles. The average molecular weight is 348 g/mol. The zero-order valence-corrected chi connectivity index (χ0v) is 12.3. The van der Waals surface area contributed by atoms with Crippen LogP contribution in [0.2, 0.25) is 0 Å². The summed E-state index contributed by atoms with van der Waals surface area (Å²) >= 11 is 6.91. The van der Waals surface area contributed by atoms with Crippen LogP contribution in [0.4, 0.5) is 5.82 Å². The van der Waals surface area contributed by atoms with Crippen LogP contribution in [0.15, 0.2) is 10.7 Å². The highest BCUT2D eigenvalue weighted by Crippen LogP contribution is 2.30. The van der Waals surface area contributed by atoms with Gasteiger partial charge in [0.15, 0.2) is 0 Å². The van der Waals surface area contributed by atoms with E-state index in [0.717, 1.165) is 21.4 Å². The molecular weight excluding hydrogens is 336 g/mol. The first-order valence-corrected chi connectivity index (χ1v) is 6.77. The first kappa shape index (κ1) is 12.0. The van der Waals surface area contributed by atoms with E-state index in [1.165, 1.54) is 0 Å². The lowest BCUT2D eigenvalue weighted by Crippen LogP contribution is -2.26. The van der Waals surface area contributed by atoms with Crippen molar-refractivity contribution in [3.63, 3.8) is 0 Å². The molecule has 3 nitrogen and oxygen atoms in total. The van der Waals surface area contributed by atoms with E-state index < -0.39 is 0 Å². The summed E-state index contributed by atoms with van der Waals surface area (Å²) in [6, 6.07) is 0. The number of halogens is 2. The highest BCUT2D eigenvalue weighted by Gasteiger charge is 2.30. The minimum Gasteiger partial charge on any atom is -0.295 e. The number of hydrogen-bond acceptors (Lipinski definition) is 2. The largest absolute Gasteiger partial charge is 0.295 e. The minimum absolute atomic E-state index is 0.138. The minimum atomic E-state index is 0.138. The van der Waals surface area contributed by atoms with Crippen LogP contribution in [0.5, 0.6) is 0 Å². The maximum absolute atomic E-state index is 11.8. The molecule has 0 bridgehead atoms. The van der Waals surface area contributed by atoms with Crippen molar-refractivity contribution < 1.29 is 4.79 Å². The number of amides is 1. The molecule has 1 aliphatic rings. The molecule has 1 aliphatic heterocycles. The van der Waals surface area contributed by atoms with Crippen molar-refractivity contribution in [3.8, 4) is 0 Å². The molecule has 0 aromatic carbocycles. The third-order valence-electron chi connectivity index (χ3n) is 2.89. The average Bonchev–Trinajstić information content (AvgIpc) is 2.55. The maximum Gasteiger partial charge on any atom is 0.229 e. The summed E-state index contributed by atoms with van der Waals surface area (Å²) in [6.45, 7) is 4.72. The Balaban J connectivity index is 2.42. The number of aromatic nitrogens is 1. The summed E-state index contributed by atoms with van der Waals surface area (Å²) in [6.07, 6.45) is 2.31. The van der Waals surface area contributed by atoms with Crippen molar-refractivity contribution >= 4 is 43.6 Å². The Labute approximate surface area is 111 Å². The number of carbonyl (C=O) groups excluding carboxylic acids is 1. The normalized spacial score (nSPS) is 20.6. The number of rotatable bonds is 1. The monoisotopic (exact) mass is 346 g/mol. The number of hydrogen-bond donors (Lipinski definition) is 0. The molecule has 2 heterocycles. The van der Waals surface area contributed by atoms with E-state index in [2.05, 4.69) is 36.8 Å². The Kier molecular flexibility index (Phi) is 3.35. The maximum atomic E-state index is 11.8. The van der Waals surface area contributed by atoms with Gasteiger partial charge in [0, 0.05) is 28.5 Å². The predicted octanol–water partition coefficient (Wildman–Crippen LogP) is 2.96. The lowest BCUT2D eigenvalue weighted by molar-refractivity contribution is -0.117. The highest BCUT2D eigenvalue weighted by atomic mass is 79.9. The van der Waals surface area contributed by atoms with E-state index in [-0.39, 0.29) is 10.7 Å². The van der Waals surface area contributed by atoms with E-state index in [4.69, 9.17) is 0 Å². The fourth-order valence-electron chi connectivity index (χ4n) is 1.80. The smallest absolute Gasteiger partial charge is 0.229 e. The Hall–Kier alpha value is -0.420. The van der Waals surface area contributed by atoms with Crippen molar-refractivity contribution in [2.45, 2.75) is 25.1 Å². The Morgan fingerprint density at radius 3 is 2.69 bits per heavy atom. The van der Waals surface area contributed by atoms with Gasteiger partial charge in [-0.2, -0.15) is 0 Å². The summed E-state index contributed by atoms with van der Waals surface area (Å²) in [5, 5.41) is 0. The standard InChI is InChI=1S/C11H12Br2N2O/c1-6-7(2)11(14-4-9(6)13)15-5-8(12)3-10(15)16/h4,8H,3,5H2,1-2H3. The molecule has 1 aromatic heterocycles. The summed E-state index contributed by atoms with van der Waals surface area (Å²) < 4.78 is 0.982. The first-order chi connectivity index (χ1) is 7.50. The zero-order valence-electron chi connectivity index (χ0n) is 9.13. The van der Waals surface area contributed by atoms with Crippen molar-refractivity contribution in [2.24, 2.45) is 0 Å². The molecule has 0 spiro atoms. The highest BCUT2D eigenvalue weighted by molar-refractivity contribution is 9.10. The third-order valence-corrected chi connectivity index (χ3v) is 4.30. The van der Waals surface area contributed by atoms with Crippen LogP contribution in [-0.4, -0.2) is 22.3 Å². The second-order valence-corrected chi connectivity index (χ2v) is 6.13. The van der Waals surface area contributed by atoms with Gasteiger partial charge in [-0.1, -0.05) is 15.9 Å². The fourth-order valence-corrected chi connectivity index (χ4v) is 2.77. The van der Waals surface area contributed by atoms with Gasteiger partial charge in [0.05, 0.1) is 0 Å². The van der Waals surface area contributed by atoms with Gasteiger partial charge in [-0.05, 0) is 40.9 Å². The van der Waals surface area contributed by atoms with Crippen LogP contribution in [0, 0.1) is 13.8 Å². The zero-order chi connectivity index (χ0) is 11.9. The van der Waals surface area contributed by atoms with Crippen LogP contribution in [0.1, 0.15) is 17.5 Å². The van der Waals surface area contributed by atoms with Crippen LogP contribution < -0.4 is 4.90 Å². The van der Waals surface area contributed by atoms with Gasteiger partial charge in [0.25, 0.3) is 0 Å². The van der Waals surface area contributed by atoms with Gasteiger partial charge in [0.1, 0.15) is 5.82 Å². The predicted molar refractivity (Wildman–Crippen MR) is 71.1 cm³/mol. The van der Waals surface area contributed by atoms with Crippen LogP contribution in [-0.2, 0) is 4.79 Å². The summed E-state index contributed by atoms with van der Waals surface area (Å²) in [7, 11) is 0. The van der Waals surface area contributed by atoms with E-state index in [0.29, 0.717) is 13.0 Å². The number of pyridine rings is 1. The second kappa shape index (κ2) is 4.45. The third kappa shape index (κ3) is 2.02. The summed E-state index contributed by atoms with van der Waals surface area (Å²) in [4.78, 5) is 18.1. The molecule has 0 N–H and O–H groups in total. The molecule has 1 atom stereocenters. The molecular formula is C11H12Br2N2O. The molecule has 0 radical (unpaired) electrons. The van der Waals surface area contributed by atoms with Gasteiger partial charge in [-0.3, -0.25) is 9.69 Å². The first-order valence-electron chi connectivity index (χ1n) is 5.07. The number of alkyl halides is 1. The number of carbonyl (C=O) groups is 1. The fraction of sp³-hybridized carbons (Fsp3) is 0.455. The van der Waals surface area contributed by atoms with Gasteiger partial charge >= 0.3 is 0 Å². The number of nitrogens with zero attached hydrogens (tertiary/aromatic N) is 2. The number of anilines is 1. The van der Waals surface area contributed by atoms with E-state index in [1.807, 2.05) is 13.8 Å². The summed E-state index contributed by atoms with van der Waals surface area (Å²) in [5.74, 6) is 0.923. The van der Waals surface area contributed by atoms with Gasteiger partial charge in [0.2, 0.25) is 5.91 Å². The Morgan fingerprint density at radius 2 is 2.12 bits per heavy atom.